The van der Waals surface area contributed by atoms with E-state index in [1.807, 2.05) is 20.8 Å². The van der Waals surface area contributed by atoms with Gasteiger partial charge in [-0.3, -0.25) is 4.98 Å². The summed E-state index contributed by atoms with van der Waals surface area (Å²) in [7, 11) is 0. The van der Waals surface area contributed by atoms with Crippen LogP contribution in [0.3, 0.4) is 0 Å². The molecule has 2 aromatic heterocycles. The van der Waals surface area contributed by atoms with Gasteiger partial charge in [-0.05, 0) is 26.3 Å². The third kappa shape index (κ3) is 2.03. The van der Waals surface area contributed by atoms with Crippen LogP contribution in [0.4, 0.5) is 0 Å². The lowest BCUT2D eigenvalue weighted by atomic mass is 10.0. The molecule has 2 heterocycles. The van der Waals surface area contributed by atoms with Crippen LogP contribution in [0.15, 0.2) is 16.1 Å². The normalized spacial score (nSPS) is 13.0. The SMILES string of the molecule is Cc1oc(C)c(C(O)Cc2cncs2)c1C. The van der Waals surface area contributed by atoms with Gasteiger partial charge in [0.25, 0.3) is 0 Å². The Labute approximate surface area is 98.8 Å². The standard InChI is InChI=1S/C12H15NO2S/c1-7-8(2)15-9(3)12(7)11(14)4-10-5-13-6-16-10/h5-6,11,14H,4H2,1-3H3. The van der Waals surface area contributed by atoms with Crippen molar-refractivity contribution in [3.8, 4) is 0 Å². The summed E-state index contributed by atoms with van der Waals surface area (Å²) in [5.41, 5.74) is 3.75. The highest BCUT2D eigenvalue weighted by Crippen LogP contribution is 2.29. The van der Waals surface area contributed by atoms with Crippen molar-refractivity contribution in [1.82, 2.24) is 4.98 Å². The van der Waals surface area contributed by atoms with Gasteiger partial charge in [0.1, 0.15) is 11.5 Å². The van der Waals surface area contributed by atoms with Gasteiger partial charge in [0.15, 0.2) is 0 Å². The monoisotopic (exact) mass is 237 g/mol. The van der Waals surface area contributed by atoms with Crippen molar-refractivity contribution in [3.63, 3.8) is 0 Å². The molecule has 0 amide bonds. The number of thiazole rings is 1. The van der Waals surface area contributed by atoms with Crippen LogP contribution in [0, 0.1) is 20.8 Å². The maximum absolute atomic E-state index is 10.2. The van der Waals surface area contributed by atoms with Gasteiger partial charge >= 0.3 is 0 Å². The van der Waals surface area contributed by atoms with Crippen LogP contribution in [0.5, 0.6) is 0 Å². The van der Waals surface area contributed by atoms with E-state index < -0.39 is 6.10 Å². The molecule has 2 rings (SSSR count). The highest BCUT2D eigenvalue weighted by Gasteiger charge is 2.19. The maximum atomic E-state index is 10.2. The second-order valence-corrected chi connectivity index (χ2v) is 4.91. The Hall–Kier alpha value is -1.13. The van der Waals surface area contributed by atoms with Crippen LogP contribution in [-0.2, 0) is 6.42 Å². The molecule has 0 aliphatic heterocycles. The number of furan rings is 1. The quantitative estimate of drug-likeness (QED) is 0.892. The molecule has 4 heteroatoms. The van der Waals surface area contributed by atoms with Crippen molar-refractivity contribution in [2.75, 3.05) is 0 Å². The van der Waals surface area contributed by atoms with Gasteiger partial charge in [0.05, 0.1) is 11.6 Å². The highest BCUT2D eigenvalue weighted by molar-refractivity contribution is 7.09. The molecule has 0 saturated carbocycles. The number of hydrogen-bond donors (Lipinski definition) is 1. The Morgan fingerprint density at radius 1 is 1.38 bits per heavy atom. The number of aliphatic hydroxyl groups is 1. The molecule has 86 valence electrons. The highest BCUT2D eigenvalue weighted by atomic mass is 32.1. The van der Waals surface area contributed by atoms with E-state index in [4.69, 9.17) is 4.42 Å². The summed E-state index contributed by atoms with van der Waals surface area (Å²) in [5.74, 6) is 1.70. The molecule has 0 bridgehead atoms. The fourth-order valence-corrected chi connectivity index (χ4v) is 2.57. The molecule has 1 unspecified atom stereocenters. The maximum Gasteiger partial charge on any atom is 0.107 e. The number of nitrogens with zero attached hydrogens (tertiary/aromatic N) is 1. The molecule has 0 aromatic carbocycles. The molecule has 0 fully saturated rings. The summed E-state index contributed by atoms with van der Waals surface area (Å²) in [4.78, 5) is 5.09. The lowest BCUT2D eigenvalue weighted by Crippen LogP contribution is -2.02. The minimum Gasteiger partial charge on any atom is -0.466 e. The zero-order valence-corrected chi connectivity index (χ0v) is 10.5. The van der Waals surface area contributed by atoms with Crippen LogP contribution in [-0.4, -0.2) is 10.1 Å². The van der Waals surface area contributed by atoms with Crippen molar-refractivity contribution in [1.29, 1.82) is 0 Å². The first-order valence-corrected chi connectivity index (χ1v) is 6.09. The first-order valence-electron chi connectivity index (χ1n) is 5.21. The Morgan fingerprint density at radius 3 is 2.62 bits per heavy atom. The number of aromatic nitrogens is 1. The van der Waals surface area contributed by atoms with Crippen molar-refractivity contribution >= 4 is 11.3 Å². The summed E-state index contributed by atoms with van der Waals surface area (Å²) >= 11 is 1.56. The molecule has 0 spiro atoms. The first kappa shape index (κ1) is 11.4. The van der Waals surface area contributed by atoms with E-state index in [2.05, 4.69) is 4.98 Å². The van der Waals surface area contributed by atoms with Crippen molar-refractivity contribution < 1.29 is 9.52 Å². The average Bonchev–Trinajstić information content (AvgIpc) is 2.77. The fraction of sp³-hybridized carbons (Fsp3) is 0.417. The Morgan fingerprint density at radius 2 is 2.12 bits per heavy atom. The second kappa shape index (κ2) is 4.39. The summed E-state index contributed by atoms with van der Waals surface area (Å²) in [6, 6.07) is 0. The lowest BCUT2D eigenvalue weighted by Gasteiger charge is -2.09. The minimum absolute atomic E-state index is 0.502. The number of rotatable bonds is 3. The van der Waals surface area contributed by atoms with E-state index in [1.165, 1.54) is 0 Å². The van der Waals surface area contributed by atoms with Crippen LogP contribution in [0.25, 0.3) is 0 Å². The zero-order valence-electron chi connectivity index (χ0n) is 9.65. The predicted octanol–water partition coefficient (Wildman–Crippen LogP) is 2.94. The summed E-state index contributed by atoms with van der Waals surface area (Å²) < 4.78 is 5.51. The van der Waals surface area contributed by atoms with E-state index in [-0.39, 0.29) is 0 Å². The Kier molecular flexibility index (Phi) is 3.12. The summed E-state index contributed by atoms with van der Waals surface area (Å²) in [5, 5.41) is 10.2. The third-order valence-corrected chi connectivity index (χ3v) is 3.63. The van der Waals surface area contributed by atoms with Gasteiger partial charge in [-0.25, -0.2) is 0 Å². The molecule has 16 heavy (non-hydrogen) atoms. The summed E-state index contributed by atoms with van der Waals surface area (Å²) in [6.07, 6.45) is 1.90. The molecular formula is C12H15NO2S. The van der Waals surface area contributed by atoms with E-state index in [0.29, 0.717) is 6.42 Å². The minimum atomic E-state index is -0.502. The van der Waals surface area contributed by atoms with Crippen molar-refractivity contribution in [3.05, 3.63) is 39.2 Å². The van der Waals surface area contributed by atoms with Crippen LogP contribution >= 0.6 is 11.3 Å². The van der Waals surface area contributed by atoms with Gasteiger partial charge in [-0.15, -0.1) is 11.3 Å². The molecule has 0 radical (unpaired) electrons. The van der Waals surface area contributed by atoms with Crippen molar-refractivity contribution in [2.24, 2.45) is 0 Å². The Bertz CT molecular complexity index is 473. The van der Waals surface area contributed by atoms with Gasteiger partial charge in [0.2, 0.25) is 0 Å². The largest absolute Gasteiger partial charge is 0.466 e. The molecule has 1 N–H and O–H groups in total. The predicted molar refractivity (Wildman–Crippen MR) is 63.7 cm³/mol. The average molecular weight is 237 g/mol. The third-order valence-electron chi connectivity index (χ3n) is 2.83. The summed E-state index contributed by atoms with van der Waals surface area (Å²) in [6.45, 7) is 5.80. The molecule has 1 atom stereocenters. The van der Waals surface area contributed by atoms with Gasteiger partial charge in [-0.2, -0.15) is 0 Å². The van der Waals surface area contributed by atoms with E-state index in [0.717, 1.165) is 27.5 Å². The number of aliphatic hydroxyl groups excluding tert-OH is 1. The number of aryl methyl sites for hydroxylation is 2. The number of hydrogen-bond acceptors (Lipinski definition) is 4. The zero-order chi connectivity index (χ0) is 11.7. The molecule has 0 saturated heterocycles. The van der Waals surface area contributed by atoms with E-state index in [1.54, 1.807) is 23.0 Å². The first-order chi connectivity index (χ1) is 7.59. The topological polar surface area (TPSA) is 46.3 Å². The molecule has 2 aromatic rings. The van der Waals surface area contributed by atoms with Gasteiger partial charge in [-0.1, -0.05) is 0 Å². The van der Waals surface area contributed by atoms with Crippen molar-refractivity contribution in [2.45, 2.75) is 33.3 Å². The second-order valence-electron chi connectivity index (χ2n) is 3.94. The fourth-order valence-electron chi connectivity index (χ4n) is 1.93. The van der Waals surface area contributed by atoms with Crippen LogP contribution < -0.4 is 0 Å². The van der Waals surface area contributed by atoms with E-state index in [9.17, 15) is 5.11 Å². The van der Waals surface area contributed by atoms with Gasteiger partial charge in [0, 0.05) is 23.1 Å². The smallest absolute Gasteiger partial charge is 0.107 e. The molecule has 0 aliphatic rings. The molecule has 0 aliphatic carbocycles. The van der Waals surface area contributed by atoms with E-state index >= 15 is 0 Å². The van der Waals surface area contributed by atoms with Crippen LogP contribution in [0.2, 0.25) is 0 Å². The lowest BCUT2D eigenvalue weighted by molar-refractivity contribution is 0.176. The van der Waals surface area contributed by atoms with Crippen LogP contribution in [0.1, 0.15) is 33.6 Å². The molecular weight excluding hydrogens is 222 g/mol. The van der Waals surface area contributed by atoms with Gasteiger partial charge < -0.3 is 9.52 Å². The molecule has 3 nitrogen and oxygen atoms in total. The Balaban J connectivity index is 2.24.